The Balaban J connectivity index is 2.27. The largest absolute Gasteiger partial charge is 0.504 e. The highest BCUT2D eigenvalue weighted by Crippen LogP contribution is 2.36. The normalized spacial score (nSPS) is 10.7. The van der Waals surface area contributed by atoms with Crippen LogP contribution in [0.5, 0.6) is 11.5 Å². The number of rotatable bonds is 3. The van der Waals surface area contributed by atoms with E-state index < -0.39 is 0 Å². The summed E-state index contributed by atoms with van der Waals surface area (Å²) in [5, 5.41) is 10.7. The van der Waals surface area contributed by atoms with Gasteiger partial charge in [-0.3, -0.25) is 4.79 Å². The van der Waals surface area contributed by atoms with Crippen LogP contribution in [0.15, 0.2) is 28.7 Å². The SMILES string of the molecule is C#Cc1oc2c(O)c(C)ccc2c1C(=O)c1cc(C)c(C)c(OC)c1. The fourth-order valence-electron chi connectivity index (χ4n) is 2.89. The number of terminal acetylenes is 1. The molecule has 0 unspecified atom stereocenters. The van der Waals surface area contributed by atoms with Gasteiger partial charge < -0.3 is 14.3 Å². The second-order valence-corrected chi connectivity index (χ2v) is 6.01. The lowest BCUT2D eigenvalue weighted by atomic mass is 9.96. The summed E-state index contributed by atoms with van der Waals surface area (Å²) in [6, 6.07) is 6.96. The van der Waals surface area contributed by atoms with Gasteiger partial charge in [-0.2, -0.15) is 0 Å². The van der Waals surface area contributed by atoms with Crippen molar-refractivity contribution >= 4 is 16.8 Å². The van der Waals surface area contributed by atoms with E-state index in [1.807, 2.05) is 13.8 Å². The van der Waals surface area contributed by atoms with Crippen LogP contribution in [0.25, 0.3) is 11.0 Å². The van der Waals surface area contributed by atoms with E-state index in [0.717, 1.165) is 11.1 Å². The molecule has 1 heterocycles. The third-order valence-corrected chi connectivity index (χ3v) is 4.49. The number of hydrogen-bond acceptors (Lipinski definition) is 4. The number of fused-ring (bicyclic) bond motifs is 1. The van der Waals surface area contributed by atoms with Crippen LogP contribution >= 0.6 is 0 Å². The first kappa shape index (κ1) is 16.7. The molecule has 0 bridgehead atoms. The smallest absolute Gasteiger partial charge is 0.198 e. The van der Waals surface area contributed by atoms with Gasteiger partial charge in [0.25, 0.3) is 0 Å². The maximum Gasteiger partial charge on any atom is 0.198 e. The highest BCUT2D eigenvalue weighted by Gasteiger charge is 2.24. The molecule has 2 aromatic carbocycles. The van der Waals surface area contributed by atoms with Gasteiger partial charge in [-0.05, 0) is 61.6 Å². The molecule has 0 saturated carbocycles. The van der Waals surface area contributed by atoms with E-state index in [2.05, 4.69) is 5.92 Å². The summed E-state index contributed by atoms with van der Waals surface area (Å²) in [7, 11) is 1.57. The van der Waals surface area contributed by atoms with E-state index in [1.165, 1.54) is 0 Å². The molecule has 0 saturated heterocycles. The van der Waals surface area contributed by atoms with Crippen LogP contribution in [0.1, 0.15) is 38.4 Å². The van der Waals surface area contributed by atoms with Gasteiger partial charge in [0.15, 0.2) is 22.9 Å². The highest BCUT2D eigenvalue weighted by molar-refractivity contribution is 6.18. The van der Waals surface area contributed by atoms with E-state index >= 15 is 0 Å². The molecule has 25 heavy (non-hydrogen) atoms. The summed E-state index contributed by atoms with van der Waals surface area (Å²) in [5.74, 6) is 2.88. The zero-order valence-corrected chi connectivity index (χ0v) is 14.6. The Bertz CT molecular complexity index is 1050. The minimum Gasteiger partial charge on any atom is -0.504 e. The molecule has 0 fully saturated rings. The summed E-state index contributed by atoms with van der Waals surface area (Å²) in [5.41, 5.74) is 3.53. The van der Waals surface area contributed by atoms with Crippen molar-refractivity contribution in [2.24, 2.45) is 0 Å². The predicted molar refractivity (Wildman–Crippen MR) is 96.5 cm³/mol. The number of hydrogen-bond donors (Lipinski definition) is 1. The monoisotopic (exact) mass is 334 g/mol. The Hall–Kier alpha value is -3.19. The number of ether oxygens (including phenoxy) is 1. The standard InChI is InChI=1S/C21H18O4/c1-6-16-18(15-8-7-11(2)19(22)21(15)25-16)20(23)14-9-12(3)13(4)17(10-14)24-5/h1,7-10,22H,2-5H3. The van der Waals surface area contributed by atoms with Gasteiger partial charge in [-0.25, -0.2) is 0 Å². The maximum atomic E-state index is 13.1. The van der Waals surface area contributed by atoms with Crippen molar-refractivity contribution < 1.29 is 19.1 Å². The minimum atomic E-state index is -0.267. The first-order valence-corrected chi connectivity index (χ1v) is 7.80. The predicted octanol–water partition coefficient (Wildman–Crippen LogP) is 4.28. The number of benzene rings is 2. The van der Waals surface area contributed by atoms with Crippen molar-refractivity contribution in [3.63, 3.8) is 0 Å². The van der Waals surface area contributed by atoms with Gasteiger partial charge in [0.05, 0.1) is 12.7 Å². The molecule has 0 aliphatic rings. The Kier molecular flexibility index (Phi) is 4.02. The van der Waals surface area contributed by atoms with Gasteiger partial charge in [-0.15, -0.1) is 6.42 Å². The molecule has 3 aromatic rings. The van der Waals surface area contributed by atoms with Crippen molar-refractivity contribution in [1.29, 1.82) is 0 Å². The molecule has 0 radical (unpaired) electrons. The molecule has 0 aliphatic carbocycles. The lowest BCUT2D eigenvalue weighted by Crippen LogP contribution is -2.05. The van der Waals surface area contributed by atoms with Gasteiger partial charge in [0.1, 0.15) is 5.75 Å². The third-order valence-electron chi connectivity index (χ3n) is 4.49. The van der Waals surface area contributed by atoms with Gasteiger partial charge in [0.2, 0.25) is 0 Å². The molecule has 1 N–H and O–H groups in total. The van der Waals surface area contributed by atoms with E-state index in [1.54, 1.807) is 38.3 Å². The fraction of sp³-hybridized carbons (Fsp3) is 0.190. The Labute approximate surface area is 146 Å². The molecular weight excluding hydrogens is 316 g/mol. The van der Waals surface area contributed by atoms with Crippen molar-refractivity contribution in [3.8, 4) is 23.8 Å². The number of aromatic hydroxyl groups is 1. The van der Waals surface area contributed by atoms with Gasteiger partial charge in [-0.1, -0.05) is 6.07 Å². The second kappa shape index (κ2) is 6.03. The number of ketones is 1. The maximum absolute atomic E-state index is 13.1. The first-order valence-electron chi connectivity index (χ1n) is 7.80. The molecule has 4 nitrogen and oxygen atoms in total. The molecule has 4 heteroatoms. The number of phenols is 1. The molecule has 0 spiro atoms. The molecule has 3 rings (SSSR count). The molecule has 0 atom stereocenters. The lowest BCUT2D eigenvalue weighted by molar-refractivity contribution is 0.103. The second-order valence-electron chi connectivity index (χ2n) is 6.01. The Morgan fingerprint density at radius 1 is 1.20 bits per heavy atom. The van der Waals surface area contributed by atoms with Crippen molar-refractivity contribution in [3.05, 3.63) is 57.8 Å². The Morgan fingerprint density at radius 3 is 2.56 bits per heavy atom. The number of carbonyl (C=O) groups is 1. The average molecular weight is 334 g/mol. The zero-order chi connectivity index (χ0) is 18.3. The Morgan fingerprint density at radius 2 is 1.92 bits per heavy atom. The topological polar surface area (TPSA) is 59.7 Å². The van der Waals surface area contributed by atoms with Crippen LogP contribution in [-0.4, -0.2) is 18.0 Å². The summed E-state index contributed by atoms with van der Waals surface area (Å²) < 4.78 is 10.9. The number of phenolic OH excluding ortho intramolecular Hbond substituents is 1. The quantitative estimate of drug-likeness (QED) is 0.573. The lowest BCUT2D eigenvalue weighted by Gasteiger charge is -2.10. The van der Waals surface area contributed by atoms with Crippen molar-refractivity contribution in [1.82, 2.24) is 0 Å². The third kappa shape index (κ3) is 2.54. The molecule has 0 amide bonds. The summed E-state index contributed by atoms with van der Waals surface area (Å²) in [6.45, 7) is 5.60. The van der Waals surface area contributed by atoms with Crippen molar-refractivity contribution in [2.75, 3.05) is 7.11 Å². The van der Waals surface area contributed by atoms with Crippen LogP contribution < -0.4 is 4.74 Å². The highest BCUT2D eigenvalue weighted by atomic mass is 16.5. The van der Waals surface area contributed by atoms with Crippen LogP contribution in [0.4, 0.5) is 0 Å². The zero-order valence-electron chi connectivity index (χ0n) is 14.6. The number of aryl methyl sites for hydroxylation is 2. The average Bonchev–Trinajstić information content (AvgIpc) is 2.99. The van der Waals surface area contributed by atoms with E-state index in [0.29, 0.717) is 22.3 Å². The van der Waals surface area contributed by atoms with Gasteiger partial charge >= 0.3 is 0 Å². The first-order chi connectivity index (χ1) is 11.9. The van der Waals surface area contributed by atoms with Crippen LogP contribution in [0.2, 0.25) is 0 Å². The van der Waals surface area contributed by atoms with Crippen LogP contribution in [0.3, 0.4) is 0 Å². The summed E-state index contributed by atoms with van der Waals surface area (Å²) >= 11 is 0. The number of furan rings is 1. The molecule has 126 valence electrons. The van der Waals surface area contributed by atoms with Crippen molar-refractivity contribution in [2.45, 2.75) is 20.8 Å². The number of carbonyl (C=O) groups excluding carboxylic acids is 1. The van der Waals surface area contributed by atoms with Crippen LogP contribution in [0, 0.1) is 33.1 Å². The summed E-state index contributed by atoms with van der Waals surface area (Å²) in [4.78, 5) is 13.1. The minimum absolute atomic E-state index is 0.00860. The van der Waals surface area contributed by atoms with E-state index in [4.69, 9.17) is 15.6 Å². The molecule has 0 aliphatic heterocycles. The number of methoxy groups -OCH3 is 1. The van der Waals surface area contributed by atoms with E-state index in [9.17, 15) is 9.90 Å². The fourth-order valence-corrected chi connectivity index (χ4v) is 2.89. The molecular formula is C21H18O4. The van der Waals surface area contributed by atoms with Crippen LogP contribution in [-0.2, 0) is 0 Å². The summed E-state index contributed by atoms with van der Waals surface area (Å²) in [6.07, 6.45) is 5.53. The van der Waals surface area contributed by atoms with Gasteiger partial charge in [0, 0.05) is 10.9 Å². The molecule has 1 aromatic heterocycles. The van der Waals surface area contributed by atoms with E-state index in [-0.39, 0.29) is 28.4 Å².